The number of nitrogens with one attached hydrogen (secondary N) is 4. The third-order valence-electron chi connectivity index (χ3n) is 5.95. The maximum atomic E-state index is 13.1. The average Bonchev–Trinajstić information content (AvgIpc) is 3.21. The molecule has 0 radical (unpaired) electrons. The van der Waals surface area contributed by atoms with E-state index in [-0.39, 0.29) is 31.3 Å². The third-order valence-corrected chi connectivity index (χ3v) is 5.95. The molecule has 3 fully saturated rings. The highest BCUT2D eigenvalue weighted by atomic mass is 19.4. The molecule has 0 bridgehead atoms. The number of nitrogens with zero attached hydrogens (tertiary/aromatic N) is 1. The number of alkyl halides is 3. The molecule has 5 unspecified atom stereocenters. The molecule has 0 aromatic carbocycles. The van der Waals surface area contributed by atoms with Gasteiger partial charge in [0.15, 0.2) is 0 Å². The van der Waals surface area contributed by atoms with E-state index in [0.29, 0.717) is 6.42 Å². The Labute approximate surface area is 161 Å². The third kappa shape index (κ3) is 4.94. The highest BCUT2D eigenvalue weighted by Gasteiger charge is 2.47. The number of methoxy groups -OCH3 is 1. The van der Waals surface area contributed by atoms with Crippen LogP contribution in [0.2, 0.25) is 0 Å². The number of amides is 1. The lowest BCUT2D eigenvalue weighted by molar-refractivity contribution is -0.190. The van der Waals surface area contributed by atoms with Crippen molar-refractivity contribution in [3.05, 3.63) is 0 Å². The summed E-state index contributed by atoms with van der Waals surface area (Å²) >= 11 is 0. The van der Waals surface area contributed by atoms with E-state index < -0.39 is 36.1 Å². The van der Waals surface area contributed by atoms with Crippen LogP contribution < -0.4 is 21.5 Å². The number of carbonyl (C=O) groups excluding carboxylic acids is 2. The summed E-state index contributed by atoms with van der Waals surface area (Å²) in [7, 11) is 1.15. The van der Waals surface area contributed by atoms with E-state index in [2.05, 4.69) is 31.1 Å². The molecule has 3 aliphatic rings. The van der Waals surface area contributed by atoms with Crippen LogP contribution in [0.25, 0.3) is 0 Å². The Morgan fingerprint density at radius 1 is 1.14 bits per heavy atom. The topological polar surface area (TPSA) is 94.7 Å². The van der Waals surface area contributed by atoms with Gasteiger partial charge >= 0.3 is 12.1 Å². The minimum Gasteiger partial charge on any atom is -0.469 e. The van der Waals surface area contributed by atoms with Crippen LogP contribution >= 0.6 is 0 Å². The Kier molecular flexibility index (Phi) is 6.79. The lowest BCUT2D eigenvalue weighted by Gasteiger charge is -2.38. The van der Waals surface area contributed by atoms with Crippen LogP contribution in [0.1, 0.15) is 32.1 Å². The Morgan fingerprint density at radius 3 is 2.50 bits per heavy atom. The fraction of sp³-hybridized carbons (Fsp3) is 0.882. The van der Waals surface area contributed by atoms with Crippen molar-refractivity contribution in [1.82, 2.24) is 26.4 Å². The maximum Gasteiger partial charge on any atom is 0.391 e. The molecule has 2 aliphatic heterocycles. The number of ether oxygens (including phenoxy) is 1. The van der Waals surface area contributed by atoms with Crippen LogP contribution in [0.5, 0.6) is 0 Å². The minimum atomic E-state index is -4.35. The van der Waals surface area contributed by atoms with Gasteiger partial charge in [-0.3, -0.25) is 14.5 Å². The Hall–Kier alpha value is -1.43. The summed E-state index contributed by atoms with van der Waals surface area (Å²) in [6.45, 7) is 2.65. The van der Waals surface area contributed by atoms with E-state index in [1.807, 2.05) is 0 Å². The van der Waals surface area contributed by atoms with Gasteiger partial charge in [-0.05, 0) is 32.1 Å². The standard InChI is InChI=1S/C17H28F3N5O3/c1-28-16(27)11-8-10(17(18,19)20)2-3-12(11)22-15(26)13-4-5-14(24-23-13)25-7-6-21-9-25/h10-14,21,23-24H,2-9H2,1H3,(H,22,26). The summed E-state index contributed by atoms with van der Waals surface area (Å²) in [6, 6.07) is -1.15. The summed E-state index contributed by atoms with van der Waals surface area (Å²) in [5, 5.41) is 6.02. The predicted molar refractivity (Wildman–Crippen MR) is 93.5 cm³/mol. The molecule has 28 heavy (non-hydrogen) atoms. The van der Waals surface area contributed by atoms with Crippen molar-refractivity contribution in [2.45, 2.75) is 56.5 Å². The van der Waals surface area contributed by atoms with Crippen LogP contribution in [-0.4, -0.2) is 68.1 Å². The van der Waals surface area contributed by atoms with Crippen molar-refractivity contribution in [3.63, 3.8) is 0 Å². The Bertz CT molecular complexity index is 563. The number of carbonyl (C=O) groups is 2. The van der Waals surface area contributed by atoms with Gasteiger partial charge < -0.3 is 15.4 Å². The smallest absolute Gasteiger partial charge is 0.391 e. The number of hydrazine groups is 1. The van der Waals surface area contributed by atoms with Gasteiger partial charge in [0.1, 0.15) is 6.04 Å². The normalized spacial score (nSPS) is 34.8. The molecule has 2 heterocycles. The molecule has 3 rings (SSSR count). The summed E-state index contributed by atoms with van der Waals surface area (Å²) in [5.41, 5.74) is 6.13. The first-order chi connectivity index (χ1) is 13.3. The highest BCUT2D eigenvalue weighted by Crippen LogP contribution is 2.40. The summed E-state index contributed by atoms with van der Waals surface area (Å²) in [4.78, 5) is 26.9. The van der Waals surface area contributed by atoms with Crippen molar-refractivity contribution in [3.8, 4) is 0 Å². The second-order valence-corrected chi connectivity index (χ2v) is 7.70. The Balaban J connectivity index is 1.54. The molecule has 0 aromatic rings. The summed E-state index contributed by atoms with van der Waals surface area (Å²) < 4.78 is 43.9. The van der Waals surface area contributed by atoms with Gasteiger partial charge in [0.2, 0.25) is 5.91 Å². The molecule has 5 atom stereocenters. The second-order valence-electron chi connectivity index (χ2n) is 7.70. The van der Waals surface area contributed by atoms with Crippen molar-refractivity contribution in [2.75, 3.05) is 26.9 Å². The fourth-order valence-corrected chi connectivity index (χ4v) is 4.26. The first-order valence-corrected chi connectivity index (χ1v) is 9.70. The molecule has 2 saturated heterocycles. The molecule has 160 valence electrons. The van der Waals surface area contributed by atoms with Gasteiger partial charge in [0.05, 0.1) is 25.1 Å². The van der Waals surface area contributed by atoms with Crippen LogP contribution in [0.15, 0.2) is 0 Å². The number of hydrogen-bond donors (Lipinski definition) is 4. The van der Waals surface area contributed by atoms with Gasteiger partial charge in [-0.2, -0.15) is 13.2 Å². The lowest BCUT2D eigenvalue weighted by atomic mass is 9.77. The number of halogens is 3. The quantitative estimate of drug-likeness (QED) is 0.490. The Morgan fingerprint density at radius 2 is 1.93 bits per heavy atom. The average molecular weight is 407 g/mol. The van der Waals surface area contributed by atoms with Crippen molar-refractivity contribution in [2.24, 2.45) is 11.8 Å². The molecule has 1 amide bonds. The summed E-state index contributed by atoms with van der Waals surface area (Å²) in [6.07, 6.45) is -3.23. The number of rotatable bonds is 4. The molecule has 0 aromatic heterocycles. The predicted octanol–water partition coefficient (Wildman–Crippen LogP) is 0.0682. The molecular formula is C17H28F3N5O3. The van der Waals surface area contributed by atoms with Gasteiger partial charge in [-0.25, -0.2) is 10.9 Å². The van der Waals surface area contributed by atoms with E-state index >= 15 is 0 Å². The van der Waals surface area contributed by atoms with Crippen LogP contribution in [0.4, 0.5) is 13.2 Å². The van der Waals surface area contributed by atoms with E-state index in [4.69, 9.17) is 0 Å². The van der Waals surface area contributed by atoms with E-state index in [1.165, 1.54) is 0 Å². The van der Waals surface area contributed by atoms with Crippen molar-refractivity contribution < 1.29 is 27.5 Å². The van der Waals surface area contributed by atoms with Gasteiger partial charge in [0.25, 0.3) is 0 Å². The van der Waals surface area contributed by atoms with Crippen LogP contribution in [-0.2, 0) is 14.3 Å². The molecule has 1 aliphatic carbocycles. The maximum absolute atomic E-state index is 13.1. The van der Waals surface area contributed by atoms with Crippen molar-refractivity contribution in [1.29, 1.82) is 0 Å². The first-order valence-electron chi connectivity index (χ1n) is 9.70. The van der Waals surface area contributed by atoms with Crippen molar-refractivity contribution >= 4 is 11.9 Å². The highest BCUT2D eigenvalue weighted by molar-refractivity contribution is 5.83. The molecule has 0 spiro atoms. The van der Waals surface area contributed by atoms with Gasteiger partial charge in [-0.15, -0.1) is 0 Å². The minimum absolute atomic E-state index is 0.0951. The van der Waals surface area contributed by atoms with Crippen LogP contribution in [0, 0.1) is 11.8 Å². The molecule has 4 N–H and O–H groups in total. The number of hydrogen-bond acceptors (Lipinski definition) is 7. The second kappa shape index (κ2) is 8.93. The SMILES string of the molecule is COC(=O)C1CC(C(F)(F)F)CCC1NC(=O)C1CCC(N2CCNC2)NN1. The van der Waals surface area contributed by atoms with E-state index in [9.17, 15) is 22.8 Å². The van der Waals surface area contributed by atoms with E-state index in [1.54, 1.807) is 0 Å². The lowest BCUT2D eigenvalue weighted by Crippen LogP contribution is -2.62. The summed E-state index contributed by atoms with van der Waals surface area (Å²) in [5.74, 6) is -3.56. The van der Waals surface area contributed by atoms with Gasteiger partial charge in [0, 0.05) is 25.8 Å². The zero-order chi connectivity index (χ0) is 20.3. The monoisotopic (exact) mass is 407 g/mol. The zero-order valence-corrected chi connectivity index (χ0v) is 15.8. The molecule has 1 saturated carbocycles. The van der Waals surface area contributed by atoms with E-state index in [0.717, 1.165) is 33.3 Å². The zero-order valence-electron chi connectivity index (χ0n) is 15.8. The molecule has 8 nitrogen and oxygen atoms in total. The largest absolute Gasteiger partial charge is 0.469 e. The molecular weight excluding hydrogens is 379 g/mol. The number of esters is 1. The fourth-order valence-electron chi connectivity index (χ4n) is 4.26. The van der Waals surface area contributed by atoms with Crippen LogP contribution in [0.3, 0.4) is 0 Å². The first kappa shape index (κ1) is 21.3. The molecule has 11 heteroatoms. The van der Waals surface area contributed by atoms with Gasteiger partial charge in [-0.1, -0.05) is 0 Å².